The number of carbonyl (C=O) groups excluding carboxylic acids is 1. The normalized spacial score (nSPS) is 12.8. The first kappa shape index (κ1) is 16.6. The third-order valence-corrected chi connectivity index (χ3v) is 3.12. The number of alkyl carbamates (subject to hydrolysis) is 1. The van der Waals surface area contributed by atoms with E-state index < -0.39 is 11.7 Å². The summed E-state index contributed by atoms with van der Waals surface area (Å²) in [5, 5.41) is 2.61. The molecule has 0 radical (unpaired) electrons. The Morgan fingerprint density at radius 3 is 2.85 bits per heavy atom. The lowest BCUT2D eigenvalue weighted by atomic mass is 10.1. The highest BCUT2D eigenvalue weighted by atomic mass is 32.1. The number of imidazole rings is 1. The molecule has 1 unspecified atom stereocenters. The van der Waals surface area contributed by atoms with Crippen LogP contribution in [-0.2, 0) is 4.74 Å². The van der Waals surface area contributed by atoms with Gasteiger partial charge in [-0.3, -0.25) is 0 Å². The van der Waals surface area contributed by atoms with E-state index in [0.29, 0.717) is 6.54 Å². The first-order chi connectivity index (χ1) is 9.29. The summed E-state index contributed by atoms with van der Waals surface area (Å²) in [6.45, 7) is 10.1. The number of aromatic nitrogens is 2. The van der Waals surface area contributed by atoms with E-state index in [2.05, 4.69) is 34.5 Å². The lowest BCUT2D eigenvalue weighted by Gasteiger charge is -2.19. The van der Waals surface area contributed by atoms with Crippen LogP contribution in [0.15, 0.2) is 24.5 Å². The van der Waals surface area contributed by atoms with Gasteiger partial charge in [-0.2, -0.15) is 12.6 Å². The van der Waals surface area contributed by atoms with Crippen LogP contribution in [0.4, 0.5) is 4.79 Å². The molecule has 1 amide bonds. The Hall–Kier alpha value is -1.43. The number of rotatable bonds is 6. The van der Waals surface area contributed by atoms with Crippen molar-refractivity contribution in [3.05, 3.63) is 30.4 Å². The van der Waals surface area contributed by atoms with Crippen molar-refractivity contribution >= 4 is 18.7 Å². The predicted octanol–water partition coefficient (Wildman–Crippen LogP) is 3.24. The Bertz CT molecular complexity index is 438. The minimum atomic E-state index is -0.469. The second-order valence-electron chi connectivity index (χ2n) is 5.57. The van der Waals surface area contributed by atoms with Gasteiger partial charge < -0.3 is 15.0 Å². The smallest absolute Gasteiger partial charge is 0.407 e. The van der Waals surface area contributed by atoms with Gasteiger partial charge in [0.1, 0.15) is 11.4 Å². The van der Waals surface area contributed by atoms with Gasteiger partial charge in [-0.1, -0.05) is 12.2 Å². The second-order valence-corrected chi connectivity index (χ2v) is 6.08. The van der Waals surface area contributed by atoms with E-state index in [-0.39, 0.29) is 5.25 Å². The van der Waals surface area contributed by atoms with Crippen LogP contribution in [0, 0.1) is 0 Å². The highest BCUT2D eigenvalue weighted by Gasteiger charge is 2.16. The Morgan fingerprint density at radius 1 is 1.60 bits per heavy atom. The first-order valence-corrected chi connectivity index (χ1v) is 7.13. The fraction of sp³-hybridized carbons (Fsp3) is 0.571. The van der Waals surface area contributed by atoms with Crippen LogP contribution in [0.2, 0.25) is 0 Å². The van der Waals surface area contributed by atoms with Crippen LogP contribution >= 0.6 is 12.6 Å². The van der Waals surface area contributed by atoms with E-state index in [0.717, 1.165) is 24.2 Å². The van der Waals surface area contributed by atoms with Crippen LogP contribution in [0.1, 0.15) is 44.7 Å². The number of nitrogens with one attached hydrogen (secondary N) is 2. The summed E-state index contributed by atoms with van der Waals surface area (Å²) in [5.41, 5.74) is 0.498. The number of ether oxygens (including phenoxy) is 1. The molecule has 0 saturated carbocycles. The SMILES string of the molecule is C=C(CCCNC(=O)OC(C)(C)C)C(S)c1ncc[nH]1. The van der Waals surface area contributed by atoms with Crippen molar-refractivity contribution in [2.45, 2.75) is 44.5 Å². The second kappa shape index (κ2) is 7.38. The molecule has 0 saturated heterocycles. The molecule has 1 aromatic heterocycles. The van der Waals surface area contributed by atoms with Gasteiger partial charge in [-0.05, 0) is 33.6 Å². The van der Waals surface area contributed by atoms with Gasteiger partial charge in [0.05, 0.1) is 5.25 Å². The van der Waals surface area contributed by atoms with Crippen LogP contribution in [0.3, 0.4) is 0 Å². The fourth-order valence-electron chi connectivity index (χ4n) is 1.58. The lowest BCUT2D eigenvalue weighted by Crippen LogP contribution is -2.33. The predicted molar refractivity (Wildman–Crippen MR) is 82.9 cm³/mol. The molecule has 1 atom stereocenters. The monoisotopic (exact) mass is 297 g/mol. The number of nitrogens with zero attached hydrogens (tertiary/aromatic N) is 1. The molecular formula is C14H23N3O2S. The standard InChI is InChI=1S/C14H23N3O2S/c1-10(11(20)12-15-8-9-16-12)6-5-7-17-13(18)19-14(2,3)4/h8-9,11,20H,1,5-7H2,2-4H3,(H,15,16)(H,17,18). The molecular weight excluding hydrogens is 274 g/mol. The van der Waals surface area contributed by atoms with Crippen molar-refractivity contribution in [1.82, 2.24) is 15.3 Å². The van der Waals surface area contributed by atoms with Gasteiger partial charge in [0, 0.05) is 18.9 Å². The highest BCUT2D eigenvalue weighted by Crippen LogP contribution is 2.26. The zero-order valence-electron chi connectivity index (χ0n) is 12.3. The van der Waals surface area contributed by atoms with Gasteiger partial charge in [-0.15, -0.1) is 0 Å². The Labute approximate surface area is 125 Å². The summed E-state index contributed by atoms with van der Waals surface area (Å²) in [6.07, 6.45) is 4.61. The summed E-state index contributed by atoms with van der Waals surface area (Å²) in [5.74, 6) is 0.790. The zero-order chi connectivity index (χ0) is 15.2. The average Bonchev–Trinajstić information content (AvgIpc) is 2.84. The number of carbonyl (C=O) groups is 1. The molecule has 6 heteroatoms. The number of aromatic amines is 1. The van der Waals surface area contributed by atoms with Gasteiger partial charge in [-0.25, -0.2) is 9.78 Å². The van der Waals surface area contributed by atoms with Gasteiger partial charge in [0.2, 0.25) is 0 Å². The van der Waals surface area contributed by atoms with E-state index in [1.165, 1.54) is 0 Å². The van der Waals surface area contributed by atoms with Gasteiger partial charge in [0.15, 0.2) is 0 Å². The zero-order valence-corrected chi connectivity index (χ0v) is 13.2. The maximum absolute atomic E-state index is 11.4. The molecule has 20 heavy (non-hydrogen) atoms. The van der Waals surface area contributed by atoms with Crippen LogP contribution < -0.4 is 5.32 Å². The Balaban J connectivity index is 2.21. The molecule has 0 aliphatic heterocycles. The minimum Gasteiger partial charge on any atom is -0.444 e. The average molecular weight is 297 g/mol. The molecule has 1 aromatic rings. The molecule has 5 nitrogen and oxygen atoms in total. The van der Waals surface area contributed by atoms with Crippen LogP contribution in [0.5, 0.6) is 0 Å². The summed E-state index contributed by atoms with van der Waals surface area (Å²) in [7, 11) is 0. The third-order valence-electron chi connectivity index (χ3n) is 2.51. The molecule has 0 aliphatic carbocycles. The van der Waals surface area contributed by atoms with Crippen molar-refractivity contribution in [3.8, 4) is 0 Å². The van der Waals surface area contributed by atoms with Gasteiger partial charge in [0.25, 0.3) is 0 Å². The maximum atomic E-state index is 11.4. The topological polar surface area (TPSA) is 67.0 Å². The fourth-order valence-corrected chi connectivity index (χ4v) is 1.85. The molecule has 0 fully saturated rings. The minimum absolute atomic E-state index is 0.105. The summed E-state index contributed by atoms with van der Waals surface area (Å²) >= 11 is 4.47. The molecule has 112 valence electrons. The number of amides is 1. The number of thiol groups is 1. The van der Waals surface area contributed by atoms with Gasteiger partial charge >= 0.3 is 6.09 Å². The third kappa shape index (κ3) is 6.14. The Kier molecular flexibility index (Phi) is 6.13. The number of hydrogen-bond acceptors (Lipinski definition) is 4. The molecule has 0 spiro atoms. The van der Waals surface area contributed by atoms with E-state index >= 15 is 0 Å². The summed E-state index contributed by atoms with van der Waals surface area (Å²) in [6, 6.07) is 0. The van der Waals surface area contributed by atoms with E-state index in [4.69, 9.17) is 4.74 Å². The molecule has 1 heterocycles. The summed E-state index contributed by atoms with van der Waals surface area (Å²) in [4.78, 5) is 18.6. The van der Waals surface area contributed by atoms with E-state index in [1.807, 2.05) is 20.8 Å². The van der Waals surface area contributed by atoms with Crippen molar-refractivity contribution in [2.24, 2.45) is 0 Å². The van der Waals surface area contributed by atoms with Crippen molar-refractivity contribution < 1.29 is 9.53 Å². The quantitative estimate of drug-likeness (QED) is 0.429. The number of hydrogen-bond donors (Lipinski definition) is 3. The first-order valence-electron chi connectivity index (χ1n) is 6.61. The van der Waals surface area contributed by atoms with Crippen molar-refractivity contribution in [1.29, 1.82) is 0 Å². The molecule has 0 aliphatic rings. The summed E-state index contributed by atoms with van der Waals surface area (Å²) < 4.78 is 5.15. The van der Waals surface area contributed by atoms with Crippen molar-refractivity contribution in [2.75, 3.05) is 6.54 Å². The van der Waals surface area contributed by atoms with E-state index in [1.54, 1.807) is 12.4 Å². The molecule has 2 N–H and O–H groups in total. The van der Waals surface area contributed by atoms with E-state index in [9.17, 15) is 4.79 Å². The largest absolute Gasteiger partial charge is 0.444 e. The molecule has 0 bridgehead atoms. The lowest BCUT2D eigenvalue weighted by molar-refractivity contribution is 0.0527. The number of H-pyrrole nitrogens is 1. The van der Waals surface area contributed by atoms with Crippen molar-refractivity contribution in [3.63, 3.8) is 0 Å². The molecule has 0 aromatic carbocycles. The van der Waals surface area contributed by atoms with Crippen LogP contribution in [0.25, 0.3) is 0 Å². The van der Waals surface area contributed by atoms with Crippen LogP contribution in [-0.4, -0.2) is 28.2 Å². The Morgan fingerprint density at radius 2 is 2.30 bits per heavy atom. The molecule has 1 rings (SSSR count). The maximum Gasteiger partial charge on any atom is 0.407 e. The highest BCUT2D eigenvalue weighted by molar-refractivity contribution is 7.80.